The molecule has 3 N–H and O–H groups in total. The first-order valence-electron chi connectivity index (χ1n) is 15.4. The molecule has 0 spiro atoms. The number of nitrogens with zero attached hydrogens (tertiary/aromatic N) is 4. The van der Waals surface area contributed by atoms with E-state index in [9.17, 15) is 0 Å². The van der Waals surface area contributed by atoms with Crippen LogP contribution < -0.4 is 11.1 Å². The van der Waals surface area contributed by atoms with E-state index in [4.69, 9.17) is 5.73 Å². The Bertz CT molecular complexity index is 1020. The second-order valence-corrected chi connectivity index (χ2v) is 10.3. The van der Waals surface area contributed by atoms with E-state index >= 15 is 0 Å². The molecular weight excluding hydrogens is 504 g/mol. The highest BCUT2D eigenvalue weighted by atomic mass is 15.4. The van der Waals surface area contributed by atoms with Crippen molar-refractivity contribution in [3.8, 4) is 0 Å². The van der Waals surface area contributed by atoms with Crippen molar-refractivity contribution in [3.63, 3.8) is 0 Å². The standard InChI is InChI=1S/C27H30N4.C8H20N2/c1-4-10-24(11-5-1)22-28-16-18-30-20-21-31(27(30)26-14-8-3-9-15-26)19-17-29-23-25-12-6-2-7-13-25;1-2-7-10-8-5-3-4-6-9/h1-15,22-23,27H,16-21H2;10H,2-9H2,1H3. The molecular formula is C35H50N6. The maximum Gasteiger partial charge on any atom is 0.0888 e. The van der Waals surface area contributed by atoms with E-state index in [0.717, 1.165) is 70.0 Å². The third-order valence-corrected chi connectivity index (χ3v) is 7.06. The fraction of sp³-hybridized carbons (Fsp3) is 0.429. The summed E-state index contributed by atoms with van der Waals surface area (Å²) in [6, 6.07) is 31.4. The zero-order chi connectivity index (χ0) is 28.8. The van der Waals surface area contributed by atoms with Crippen LogP contribution in [0, 0.1) is 0 Å². The van der Waals surface area contributed by atoms with Crippen LogP contribution in [0.3, 0.4) is 0 Å². The van der Waals surface area contributed by atoms with E-state index in [1.54, 1.807) is 0 Å². The van der Waals surface area contributed by atoms with Gasteiger partial charge in [-0.3, -0.25) is 19.8 Å². The number of hydrogen-bond donors (Lipinski definition) is 2. The normalized spacial score (nSPS) is 15.9. The number of hydrogen-bond acceptors (Lipinski definition) is 6. The smallest absolute Gasteiger partial charge is 0.0888 e. The minimum Gasteiger partial charge on any atom is -0.330 e. The first-order valence-corrected chi connectivity index (χ1v) is 15.4. The molecule has 0 amide bonds. The van der Waals surface area contributed by atoms with E-state index in [1.807, 2.05) is 48.8 Å². The van der Waals surface area contributed by atoms with E-state index < -0.39 is 0 Å². The molecule has 0 aliphatic carbocycles. The second kappa shape index (κ2) is 20.7. The van der Waals surface area contributed by atoms with Gasteiger partial charge in [0, 0.05) is 38.6 Å². The summed E-state index contributed by atoms with van der Waals surface area (Å²) >= 11 is 0. The van der Waals surface area contributed by atoms with Gasteiger partial charge >= 0.3 is 0 Å². The zero-order valence-electron chi connectivity index (χ0n) is 25.0. The summed E-state index contributed by atoms with van der Waals surface area (Å²) < 4.78 is 0. The van der Waals surface area contributed by atoms with Gasteiger partial charge in [-0.25, -0.2) is 0 Å². The average molecular weight is 555 g/mol. The number of benzene rings is 3. The van der Waals surface area contributed by atoms with Crippen LogP contribution in [0.15, 0.2) is 101 Å². The van der Waals surface area contributed by atoms with Gasteiger partial charge in [0.2, 0.25) is 0 Å². The molecule has 0 unspecified atom stereocenters. The van der Waals surface area contributed by atoms with Crippen LogP contribution in [0.1, 0.15) is 55.5 Å². The highest BCUT2D eigenvalue weighted by Gasteiger charge is 2.32. The highest BCUT2D eigenvalue weighted by Crippen LogP contribution is 2.29. The summed E-state index contributed by atoms with van der Waals surface area (Å²) in [7, 11) is 0. The summed E-state index contributed by atoms with van der Waals surface area (Å²) in [5.74, 6) is 0. The molecule has 41 heavy (non-hydrogen) atoms. The predicted molar refractivity (Wildman–Crippen MR) is 176 cm³/mol. The van der Waals surface area contributed by atoms with E-state index in [0.29, 0.717) is 6.17 Å². The van der Waals surface area contributed by atoms with Gasteiger partial charge in [0.15, 0.2) is 0 Å². The van der Waals surface area contributed by atoms with Crippen LogP contribution in [0.2, 0.25) is 0 Å². The fourth-order valence-electron chi connectivity index (χ4n) is 4.91. The molecule has 1 fully saturated rings. The van der Waals surface area contributed by atoms with Crippen molar-refractivity contribution in [3.05, 3.63) is 108 Å². The van der Waals surface area contributed by atoms with Crippen molar-refractivity contribution in [2.75, 3.05) is 58.9 Å². The van der Waals surface area contributed by atoms with Gasteiger partial charge in [0.1, 0.15) is 0 Å². The topological polar surface area (TPSA) is 69.2 Å². The molecule has 3 aromatic carbocycles. The number of aliphatic imine (C=N–C) groups is 2. The molecule has 1 aliphatic heterocycles. The lowest BCUT2D eigenvalue weighted by atomic mass is 10.1. The van der Waals surface area contributed by atoms with Crippen LogP contribution in [0.25, 0.3) is 0 Å². The van der Waals surface area contributed by atoms with Crippen molar-refractivity contribution in [1.29, 1.82) is 0 Å². The summed E-state index contributed by atoms with van der Waals surface area (Å²) in [4.78, 5) is 14.4. The average Bonchev–Trinajstić information content (AvgIpc) is 3.43. The molecule has 1 saturated heterocycles. The van der Waals surface area contributed by atoms with Gasteiger partial charge in [-0.05, 0) is 55.6 Å². The third-order valence-electron chi connectivity index (χ3n) is 7.06. The van der Waals surface area contributed by atoms with Gasteiger partial charge in [0.05, 0.1) is 19.3 Å². The Hall–Kier alpha value is -3.16. The SMILES string of the molecule is C(=NCCN1CCN(CCN=Cc2ccccc2)C1c1ccccc1)c1ccccc1.CCCNCCCCCN. The molecule has 220 valence electrons. The van der Waals surface area contributed by atoms with E-state index in [-0.39, 0.29) is 0 Å². The molecule has 6 heteroatoms. The van der Waals surface area contributed by atoms with Gasteiger partial charge < -0.3 is 11.1 Å². The first kappa shape index (κ1) is 32.4. The van der Waals surface area contributed by atoms with Crippen LogP contribution in [-0.2, 0) is 0 Å². The summed E-state index contributed by atoms with van der Waals surface area (Å²) in [5.41, 5.74) is 9.00. The van der Waals surface area contributed by atoms with Crippen molar-refractivity contribution in [2.24, 2.45) is 15.7 Å². The van der Waals surface area contributed by atoms with Crippen LogP contribution >= 0.6 is 0 Å². The minimum absolute atomic E-state index is 0.292. The largest absolute Gasteiger partial charge is 0.330 e. The third kappa shape index (κ3) is 12.9. The van der Waals surface area contributed by atoms with Crippen molar-refractivity contribution in [2.45, 2.75) is 38.8 Å². The molecule has 3 aromatic rings. The van der Waals surface area contributed by atoms with Crippen LogP contribution in [0.4, 0.5) is 0 Å². The van der Waals surface area contributed by atoms with E-state index in [1.165, 1.54) is 31.2 Å². The Morgan fingerprint density at radius 3 is 1.71 bits per heavy atom. The Morgan fingerprint density at radius 2 is 1.22 bits per heavy atom. The summed E-state index contributed by atoms with van der Waals surface area (Å²) in [6.45, 7) is 11.0. The maximum atomic E-state index is 5.35. The van der Waals surface area contributed by atoms with Gasteiger partial charge in [-0.15, -0.1) is 0 Å². The maximum absolute atomic E-state index is 5.35. The number of nitrogens with one attached hydrogen (secondary N) is 1. The zero-order valence-corrected chi connectivity index (χ0v) is 25.0. The number of rotatable bonds is 16. The molecule has 0 saturated carbocycles. The lowest BCUT2D eigenvalue weighted by Crippen LogP contribution is -2.33. The van der Waals surface area contributed by atoms with E-state index in [2.05, 4.69) is 86.6 Å². The molecule has 6 nitrogen and oxygen atoms in total. The molecule has 0 radical (unpaired) electrons. The monoisotopic (exact) mass is 554 g/mol. The second-order valence-electron chi connectivity index (χ2n) is 10.3. The molecule has 1 heterocycles. The number of nitrogens with two attached hydrogens (primary N) is 1. The quantitative estimate of drug-likeness (QED) is 0.177. The Labute approximate surface area is 248 Å². The molecule has 0 aromatic heterocycles. The van der Waals surface area contributed by atoms with Gasteiger partial charge in [-0.1, -0.05) is 104 Å². The Balaban J connectivity index is 0.000000397. The molecule has 0 atom stereocenters. The fourth-order valence-corrected chi connectivity index (χ4v) is 4.91. The molecule has 4 rings (SSSR count). The van der Waals surface area contributed by atoms with Gasteiger partial charge in [0.25, 0.3) is 0 Å². The van der Waals surface area contributed by atoms with Crippen molar-refractivity contribution in [1.82, 2.24) is 15.1 Å². The Kier molecular flexibility index (Phi) is 16.3. The molecule has 0 bridgehead atoms. The summed E-state index contributed by atoms with van der Waals surface area (Å²) in [6.07, 6.45) is 9.20. The lowest BCUT2D eigenvalue weighted by molar-refractivity contribution is 0.143. The van der Waals surface area contributed by atoms with Crippen molar-refractivity contribution < 1.29 is 0 Å². The highest BCUT2D eigenvalue weighted by molar-refractivity contribution is 5.79. The Morgan fingerprint density at radius 1 is 0.707 bits per heavy atom. The molecule has 1 aliphatic rings. The first-order chi connectivity index (χ1) is 20.3. The summed E-state index contributed by atoms with van der Waals surface area (Å²) in [5, 5.41) is 3.35. The van der Waals surface area contributed by atoms with Crippen molar-refractivity contribution >= 4 is 12.4 Å². The van der Waals surface area contributed by atoms with Crippen LogP contribution in [-0.4, -0.2) is 81.1 Å². The predicted octanol–water partition coefficient (Wildman–Crippen LogP) is 5.66. The van der Waals surface area contributed by atoms with Gasteiger partial charge in [-0.2, -0.15) is 0 Å². The van der Waals surface area contributed by atoms with Crippen LogP contribution in [0.5, 0.6) is 0 Å². The number of unbranched alkanes of at least 4 members (excludes halogenated alkanes) is 2. The lowest BCUT2D eigenvalue weighted by Gasteiger charge is -2.30. The minimum atomic E-state index is 0.292.